The molecule has 0 fully saturated rings. The van der Waals surface area contributed by atoms with Crippen molar-refractivity contribution in [2.45, 2.75) is 12.1 Å². The Morgan fingerprint density at radius 3 is 1.35 bits per heavy atom. The van der Waals surface area contributed by atoms with Gasteiger partial charge in [-0.2, -0.15) is 8.42 Å². The first-order chi connectivity index (χ1) is 10.2. The summed E-state index contributed by atoms with van der Waals surface area (Å²) in [5, 5.41) is 30.5. The van der Waals surface area contributed by atoms with E-state index in [9.17, 15) is 9.59 Å². The summed E-state index contributed by atoms with van der Waals surface area (Å²) in [6.07, 6.45) is 0. The van der Waals surface area contributed by atoms with Crippen LogP contribution in [0.3, 0.4) is 0 Å². The highest BCUT2D eigenvalue weighted by molar-refractivity contribution is 8.76. The lowest BCUT2D eigenvalue weighted by molar-refractivity contribution is -0.742. The maximum Gasteiger partial charge on any atom is 0.394 e. The summed E-state index contributed by atoms with van der Waals surface area (Å²) in [6, 6.07) is -1.85. The molecule has 17 heteroatoms. The van der Waals surface area contributed by atoms with Gasteiger partial charge >= 0.3 is 22.3 Å². The van der Waals surface area contributed by atoms with Crippen LogP contribution in [0, 0.1) is 10.1 Å². The van der Waals surface area contributed by atoms with E-state index in [4.69, 9.17) is 54.5 Å². The molecule has 0 aromatic rings. The molecule has 0 rings (SSSR count). The minimum atomic E-state index is -4.67. The number of hydrogen-bond acceptors (Lipinski definition) is 10. The number of carbonyl (C=O) groups is 2. The largest absolute Gasteiger partial charge is 0.480 e. The number of nitrogens with zero attached hydrogens (tertiary/aromatic N) is 1. The smallest absolute Gasteiger partial charge is 0.394 e. The van der Waals surface area contributed by atoms with Crippen LogP contribution in [0.15, 0.2) is 0 Å². The van der Waals surface area contributed by atoms with Crippen LogP contribution >= 0.6 is 21.6 Å². The van der Waals surface area contributed by atoms with E-state index < -0.39 is 39.5 Å². The van der Waals surface area contributed by atoms with Gasteiger partial charge in [0.2, 0.25) is 0 Å². The zero-order valence-corrected chi connectivity index (χ0v) is 13.5. The van der Waals surface area contributed by atoms with Crippen LogP contribution in [0.25, 0.3) is 0 Å². The van der Waals surface area contributed by atoms with Gasteiger partial charge in [-0.3, -0.25) is 18.7 Å². The molecule has 0 spiro atoms. The molecule has 138 valence electrons. The van der Waals surface area contributed by atoms with Gasteiger partial charge in [-0.15, -0.1) is 10.1 Å². The Morgan fingerprint density at radius 1 is 1.04 bits per heavy atom. The predicted molar refractivity (Wildman–Crippen MR) is 79.1 cm³/mol. The fourth-order valence-corrected chi connectivity index (χ4v) is 2.61. The average Bonchev–Trinajstić information content (AvgIpc) is 2.30. The molecule has 0 amide bonds. The van der Waals surface area contributed by atoms with Gasteiger partial charge in [0.15, 0.2) is 0 Å². The van der Waals surface area contributed by atoms with E-state index >= 15 is 0 Å². The highest BCUT2D eigenvalue weighted by Crippen LogP contribution is 2.22. The minimum Gasteiger partial charge on any atom is -0.480 e. The van der Waals surface area contributed by atoms with Crippen LogP contribution in [0.4, 0.5) is 0 Å². The topological polar surface area (TPSA) is 265 Å². The van der Waals surface area contributed by atoms with Gasteiger partial charge in [0.1, 0.15) is 12.1 Å². The fraction of sp³-hybridized carbons (Fsp3) is 0.667. The van der Waals surface area contributed by atoms with Gasteiger partial charge in [-0.1, -0.05) is 21.6 Å². The highest BCUT2D eigenvalue weighted by Gasteiger charge is 2.14. The summed E-state index contributed by atoms with van der Waals surface area (Å²) in [5.41, 5.74) is 10.4. The molecule has 0 aromatic heterocycles. The normalized spacial score (nSPS) is 12.5. The van der Waals surface area contributed by atoms with Gasteiger partial charge in [0.25, 0.3) is 5.09 Å². The van der Waals surface area contributed by atoms with Gasteiger partial charge < -0.3 is 26.9 Å². The number of carboxylic acid groups (broad SMARTS) is 2. The van der Waals surface area contributed by atoms with Crippen molar-refractivity contribution in [1.29, 1.82) is 0 Å². The summed E-state index contributed by atoms with van der Waals surface area (Å²) in [4.78, 5) is 28.9. The second-order valence-corrected chi connectivity index (χ2v) is 6.59. The van der Waals surface area contributed by atoms with Crippen molar-refractivity contribution < 1.29 is 47.6 Å². The maximum atomic E-state index is 10.3. The summed E-state index contributed by atoms with van der Waals surface area (Å²) in [5.74, 6) is -1.68. The molecule has 0 aliphatic carbocycles. The van der Waals surface area contributed by atoms with Crippen LogP contribution in [-0.4, -0.2) is 73.6 Å². The third-order valence-electron chi connectivity index (χ3n) is 1.21. The van der Waals surface area contributed by atoms with Crippen molar-refractivity contribution in [2.24, 2.45) is 11.5 Å². The van der Waals surface area contributed by atoms with Gasteiger partial charge in [0.05, 0.1) is 0 Å². The molecule has 0 bridgehead atoms. The molecular formula is C6H15N3O11S3. The Bertz CT molecular complexity index is 436. The molecule has 14 nitrogen and oxygen atoms in total. The Labute approximate surface area is 137 Å². The van der Waals surface area contributed by atoms with Crippen molar-refractivity contribution in [3.63, 3.8) is 0 Å². The lowest BCUT2D eigenvalue weighted by Crippen LogP contribution is -2.33. The minimum absolute atomic E-state index is 0.229. The predicted octanol–water partition coefficient (Wildman–Crippen LogP) is -1.81. The molecule has 0 radical (unpaired) electrons. The van der Waals surface area contributed by atoms with Crippen LogP contribution < -0.4 is 11.5 Å². The molecule has 0 saturated carbocycles. The Balaban J connectivity index is -0.000000365. The van der Waals surface area contributed by atoms with Crippen LogP contribution in [0.1, 0.15) is 0 Å². The molecule has 0 aliphatic heterocycles. The van der Waals surface area contributed by atoms with E-state index in [2.05, 4.69) is 0 Å². The first kappa shape index (κ1) is 26.5. The number of nitrogens with two attached hydrogens (primary N) is 2. The monoisotopic (exact) mass is 401 g/mol. The molecule has 0 aromatic carbocycles. The van der Waals surface area contributed by atoms with Gasteiger partial charge in [0, 0.05) is 11.5 Å². The number of hydrogen-bond donors (Lipinski definition) is 7. The van der Waals surface area contributed by atoms with Crippen molar-refractivity contribution in [1.82, 2.24) is 0 Å². The summed E-state index contributed by atoms with van der Waals surface area (Å²) in [6.45, 7) is 0. The average molecular weight is 401 g/mol. The lowest BCUT2D eigenvalue weighted by atomic mass is 10.4. The van der Waals surface area contributed by atoms with Crippen molar-refractivity contribution in [3.05, 3.63) is 10.1 Å². The van der Waals surface area contributed by atoms with Crippen molar-refractivity contribution in [3.8, 4) is 0 Å². The summed E-state index contributed by atoms with van der Waals surface area (Å²) in [7, 11) is -2.26. The molecule has 23 heavy (non-hydrogen) atoms. The summed E-state index contributed by atoms with van der Waals surface area (Å²) < 4.78 is 31.6. The molecule has 9 N–H and O–H groups in total. The SMILES string of the molecule is NC(CSSCC(N)C(=O)O)C(=O)O.O=S(=O)(O)O.O=[N+]([O-])O. The first-order valence-corrected chi connectivity index (χ1v) is 8.81. The molecule has 2 atom stereocenters. The Hall–Kier alpha value is -1.37. The number of rotatable bonds is 7. The van der Waals surface area contributed by atoms with Gasteiger partial charge in [-0.05, 0) is 0 Å². The molecule has 0 aliphatic rings. The third kappa shape index (κ3) is 38.5. The molecular weight excluding hydrogens is 386 g/mol. The van der Waals surface area contributed by atoms with E-state index in [1.165, 1.54) is 21.6 Å². The highest BCUT2D eigenvalue weighted by atomic mass is 33.1. The van der Waals surface area contributed by atoms with E-state index in [0.29, 0.717) is 0 Å². The van der Waals surface area contributed by atoms with E-state index in [0.717, 1.165) is 0 Å². The van der Waals surface area contributed by atoms with Crippen LogP contribution in [-0.2, 0) is 20.0 Å². The van der Waals surface area contributed by atoms with Crippen molar-refractivity contribution >= 4 is 43.9 Å². The molecule has 0 saturated heterocycles. The Morgan fingerprint density at radius 2 is 1.22 bits per heavy atom. The maximum absolute atomic E-state index is 10.3. The fourth-order valence-electron chi connectivity index (χ4n) is 0.385. The van der Waals surface area contributed by atoms with Crippen LogP contribution in [0.5, 0.6) is 0 Å². The van der Waals surface area contributed by atoms with Crippen molar-refractivity contribution in [2.75, 3.05) is 11.5 Å². The second-order valence-electron chi connectivity index (χ2n) is 3.14. The third-order valence-corrected chi connectivity index (χ3v) is 3.69. The zero-order valence-electron chi connectivity index (χ0n) is 11.1. The number of carboxylic acids is 2. The van der Waals surface area contributed by atoms with E-state index in [1.807, 2.05) is 0 Å². The zero-order chi connectivity index (χ0) is 19.2. The second kappa shape index (κ2) is 14.2. The first-order valence-electron chi connectivity index (χ1n) is 4.92. The van der Waals surface area contributed by atoms with E-state index in [-0.39, 0.29) is 11.5 Å². The Kier molecular flexibility index (Phi) is 16.4. The van der Waals surface area contributed by atoms with Crippen LogP contribution in [0.2, 0.25) is 0 Å². The molecule has 0 heterocycles. The summed E-state index contributed by atoms with van der Waals surface area (Å²) >= 11 is 0. The quantitative estimate of drug-likeness (QED) is 0.0814. The standard InChI is InChI=1S/C6H12N2O4S2.HNO3.H2O4S/c7-3(5(9)10)1-13-14-2-4(8)6(11)12;2-1(3)4;1-5(2,3)4/h3-4H,1-2,7-8H2,(H,9,10)(H,11,12);(H,2,3,4);(H2,1,2,3,4). The van der Waals surface area contributed by atoms with Gasteiger partial charge in [-0.25, -0.2) is 0 Å². The lowest BCUT2D eigenvalue weighted by Gasteiger charge is -2.07. The number of aliphatic carboxylic acids is 2. The molecule has 2 unspecified atom stereocenters. The van der Waals surface area contributed by atoms with E-state index in [1.54, 1.807) is 0 Å².